The fourth-order valence-corrected chi connectivity index (χ4v) is 3.79. The first-order valence-corrected chi connectivity index (χ1v) is 9.12. The van der Waals surface area contributed by atoms with Crippen LogP contribution >= 0.6 is 34.5 Å². The van der Waals surface area contributed by atoms with E-state index in [1.807, 2.05) is 11.4 Å². The molecule has 1 amide bonds. The molecule has 0 spiro atoms. The van der Waals surface area contributed by atoms with E-state index in [0.717, 1.165) is 10.6 Å². The molecule has 2 aromatic rings. The van der Waals surface area contributed by atoms with Crippen LogP contribution in [0.1, 0.15) is 23.1 Å². The number of nitrogens with zero attached hydrogens (tertiary/aromatic N) is 2. The van der Waals surface area contributed by atoms with Gasteiger partial charge in [-0.1, -0.05) is 29.3 Å². The molecule has 0 saturated carbocycles. The molecule has 24 heavy (non-hydrogen) atoms. The summed E-state index contributed by atoms with van der Waals surface area (Å²) in [4.78, 5) is 17.3. The minimum atomic E-state index is -0.935. The van der Waals surface area contributed by atoms with Crippen LogP contribution in [0.2, 0.25) is 10.0 Å². The van der Waals surface area contributed by atoms with Crippen LogP contribution in [0.15, 0.2) is 29.8 Å². The van der Waals surface area contributed by atoms with Crippen LogP contribution in [0, 0.1) is 0 Å². The molecule has 2 unspecified atom stereocenters. The summed E-state index contributed by atoms with van der Waals surface area (Å²) in [5.74, 6) is 0. The van der Waals surface area contributed by atoms with Gasteiger partial charge in [0.15, 0.2) is 0 Å². The Balaban J connectivity index is 1.76. The zero-order chi connectivity index (χ0) is 17.1. The van der Waals surface area contributed by atoms with E-state index in [-0.39, 0.29) is 12.1 Å². The molecule has 1 aromatic carbocycles. The zero-order valence-electron chi connectivity index (χ0n) is 12.7. The van der Waals surface area contributed by atoms with Crippen LogP contribution in [-0.4, -0.2) is 40.3 Å². The van der Waals surface area contributed by atoms with E-state index in [1.54, 1.807) is 18.3 Å². The number of carboxylic acid groups (broad SMARTS) is 1. The Labute approximate surface area is 153 Å². The van der Waals surface area contributed by atoms with E-state index in [4.69, 9.17) is 27.9 Å². The van der Waals surface area contributed by atoms with Gasteiger partial charge in [0.2, 0.25) is 0 Å². The van der Waals surface area contributed by atoms with Crippen molar-refractivity contribution in [3.63, 3.8) is 0 Å². The number of ether oxygens (including phenoxy) is 1. The largest absolute Gasteiger partial charge is 0.465 e. The van der Waals surface area contributed by atoms with Crippen molar-refractivity contribution in [3.05, 3.63) is 50.4 Å². The molecule has 5 nitrogen and oxygen atoms in total. The lowest BCUT2D eigenvalue weighted by Crippen LogP contribution is -2.42. The number of halogens is 2. The fraction of sp³-hybridized carbons (Fsp3) is 0.375. The number of hydrogen-bond acceptors (Lipinski definition) is 4. The van der Waals surface area contributed by atoms with Crippen molar-refractivity contribution in [2.45, 2.75) is 25.0 Å². The Hall–Kier alpha value is -1.34. The molecule has 128 valence electrons. The second kappa shape index (κ2) is 7.70. The third-order valence-electron chi connectivity index (χ3n) is 4.02. The van der Waals surface area contributed by atoms with Crippen LogP contribution in [0.3, 0.4) is 0 Å². The van der Waals surface area contributed by atoms with E-state index in [9.17, 15) is 9.90 Å². The summed E-state index contributed by atoms with van der Waals surface area (Å²) in [6, 6.07) is 5.13. The molecule has 0 radical (unpaired) electrons. The van der Waals surface area contributed by atoms with E-state index in [0.29, 0.717) is 36.0 Å². The first-order chi connectivity index (χ1) is 11.5. The molecule has 1 aromatic heterocycles. The summed E-state index contributed by atoms with van der Waals surface area (Å²) in [6.45, 7) is 0.715. The number of hydrogen-bond donors (Lipinski definition) is 1. The minimum Gasteiger partial charge on any atom is -0.465 e. The monoisotopic (exact) mass is 386 g/mol. The summed E-state index contributed by atoms with van der Waals surface area (Å²) < 4.78 is 6.00. The van der Waals surface area contributed by atoms with Gasteiger partial charge < -0.3 is 14.7 Å². The van der Waals surface area contributed by atoms with E-state index in [2.05, 4.69) is 4.98 Å². The molecule has 2 atom stereocenters. The molecule has 1 aliphatic rings. The molecule has 1 aliphatic heterocycles. The summed E-state index contributed by atoms with van der Waals surface area (Å²) in [5, 5.41) is 13.3. The van der Waals surface area contributed by atoms with Gasteiger partial charge in [-0.05, 0) is 24.1 Å². The van der Waals surface area contributed by atoms with Crippen molar-refractivity contribution in [3.8, 4) is 0 Å². The second-order valence-corrected chi connectivity index (χ2v) is 7.34. The molecular weight excluding hydrogens is 371 g/mol. The lowest BCUT2D eigenvalue weighted by atomic mass is 10.1. The SMILES string of the molecule is O=C(O)N1CCC(c2ccc(Cl)c(Cl)c2)OCC1Cc1nccs1. The van der Waals surface area contributed by atoms with Gasteiger partial charge in [0.05, 0.1) is 33.8 Å². The van der Waals surface area contributed by atoms with Crippen molar-refractivity contribution in [2.24, 2.45) is 0 Å². The molecular formula is C16H16Cl2N2O3S. The highest BCUT2D eigenvalue weighted by molar-refractivity contribution is 7.09. The smallest absolute Gasteiger partial charge is 0.407 e. The highest BCUT2D eigenvalue weighted by Crippen LogP contribution is 2.31. The quantitative estimate of drug-likeness (QED) is 0.842. The van der Waals surface area contributed by atoms with Gasteiger partial charge >= 0.3 is 6.09 Å². The standard InChI is InChI=1S/C16H16Cl2N2O3S/c17-12-2-1-10(7-13(12)18)14-3-5-20(16(21)22)11(9-23-14)8-15-19-4-6-24-15/h1-2,4,6-7,11,14H,3,5,8-9H2,(H,21,22). The minimum absolute atomic E-state index is 0.206. The number of thiazole rings is 1. The summed E-state index contributed by atoms with van der Waals surface area (Å²) in [5.41, 5.74) is 0.907. The molecule has 1 saturated heterocycles. The van der Waals surface area contributed by atoms with Crippen LogP contribution < -0.4 is 0 Å². The summed E-state index contributed by atoms with van der Waals surface area (Å²) >= 11 is 13.6. The molecule has 1 N–H and O–H groups in total. The lowest BCUT2D eigenvalue weighted by Gasteiger charge is -2.25. The van der Waals surface area contributed by atoms with Gasteiger partial charge in [0.25, 0.3) is 0 Å². The van der Waals surface area contributed by atoms with Crippen molar-refractivity contribution < 1.29 is 14.6 Å². The average Bonchev–Trinajstić information content (AvgIpc) is 2.96. The number of rotatable bonds is 3. The molecule has 2 heterocycles. The summed E-state index contributed by atoms with van der Waals surface area (Å²) in [6.07, 6.45) is 1.70. The maximum atomic E-state index is 11.6. The van der Waals surface area contributed by atoms with Crippen LogP contribution in [-0.2, 0) is 11.2 Å². The maximum absolute atomic E-state index is 11.6. The maximum Gasteiger partial charge on any atom is 0.407 e. The van der Waals surface area contributed by atoms with Gasteiger partial charge in [-0.15, -0.1) is 11.3 Å². The lowest BCUT2D eigenvalue weighted by molar-refractivity contribution is 0.0410. The van der Waals surface area contributed by atoms with E-state index < -0.39 is 6.09 Å². The van der Waals surface area contributed by atoms with Crippen molar-refractivity contribution in [1.29, 1.82) is 0 Å². The third-order valence-corrected chi connectivity index (χ3v) is 5.56. The Morgan fingerprint density at radius 2 is 2.25 bits per heavy atom. The fourth-order valence-electron chi connectivity index (χ4n) is 2.79. The van der Waals surface area contributed by atoms with Crippen molar-refractivity contribution in [1.82, 2.24) is 9.88 Å². The normalized spacial score (nSPS) is 21.5. The predicted molar refractivity (Wildman–Crippen MR) is 94.1 cm³/mol. The Morgan fingerprint density at radius 3 is 2.92 bits per heavy atom. The number of amides is 1. The zero-order valence-corrected chi connectivity index (χ0v) is 15.0. The Kier molecular flexibility index (Phi) is 5.61. The third kappa shape index (κ3) is 4.00. The van der Waals surface area contributed by atoms with Gasteiger partial charge in [-0.3, -0.25) is 0 Å². The van der Waals surface area contributed by atoms with Gasteiger partial charge in [0.1, 0.15) is 0 Å². The highest BCUT2D eigenvalue weighted by Gasteiger charge is 2.30. The van der Waals surface area contributed by atoms with Crippen LogP contribution in [0.5, 0.6) is 0 Å². The summed E-state index contributed by atoms with van der Waals surface area (Å²) in [7, 11) is 0. The van der Waals surface area contributed by atoms with Crippen LogP contribution in [0.4, 0.5) is 4.79 Å². The number of benzene rings is 1. The van der Waals surface area contributed by atoms with Gasteiger partial charge in [0, 0.05) is 24.5 Å². The van der Waals surface area contributed by atoms with Crippen molar-refractivity contribution >= 4 is 40.6 Å². The predicted octanol–water partition coefficient (Wildman–Crippen LogP) is 4.50. The van der Waals surface area contributed by atoms with E-state index >= 15 is 0 Å². The highest BCUT2D eigenvalue weighted by atomic mass is 35.5. The molecule has 0 bridgehead atoms. The molecule has 0 aliphatic carbocycles. The first kappa shape index (κ1) is 17.5. The van der Waals surface area contributed by atoms with Gasteiger partial charge in [-0.2, -0.15) is 0 Å². The van der Waals surface area contributed by atoms with Gasteiger partial charge in [-0.25, -0.2) is 9.78 Å². The number of carbonyl (C=O) groups is 1. The first-order valence-electron chi connectivity index (χ1n) is 7.49. The average molecular weight is 387 g/mol. The molecule has 3 rings (SSSR count). The van der Waals surface area contributed by atoms with Crippen LogP contribution in [0.25, 0.3) is 0 Å². The topological polar surface area (TPSA) is 62.7 Å². The second-order valence-electron chi connectivity index (χ2n) is 5.54. The Bertz CT molecular complexity index is 711. The molecule has 8 heteroatoms. The van der Waals surface area contributed by atoms with Crippen molar-refractivity contribution in [2.75, 3.05) is 13.2 Å². The number of aromatic nitrogens is 1. The van der Waals surface area contributed by atoms with E-state index in [1.165, 1.54) is 16.2 Å². The Morgan fingerprint density at radius 1 is 1.42 bits per heavy atom. The molecule has 1 fully saturated rings.